The van der Waals surface area contributed by atoms with E-state index in [1.807, 2.05) is 6.07 Å². The van der Waals surface area contributed by atoms with Crippen molar-refractivity contribution in [2.75, 3.05) is 20.1 Å². The molecule has 0 aromatic carbocycles. The van der Waals surface area contributed by atoms with E-state index in [0.29, 0.717) is 12.0 Å². The molecule has 1 saturated heterocycles. The summed E-state index contributed by atoms with van der Waals surface area (Å²) in [7, 11) is 2.14. The van der Waals surface area contributed by atoms with Gasteiger partial charge in [0.2, 0.25) is 0 Å². The van der Waals surface area contributed by atoms with Gasteiger partial charge in [-0.15, -0.1) is 0 Å². The van der Waals surface area contributed by atoms with Crippen LogP contribution in [0.1, 0.15) is 36.6 Å². The first-order valence-electron chi connectivity index (χ1n) is 7.33. The molecule has 6 heteroatoms. The minimum absolute atomic E-state index is 0.257. The lowest BCUT2D eigenvalue weighted by atomic mass is 9.88. The Hall–Kier alpha value is -0.980. The quantitative estimate of drug-likeness (QED) is 0.670. The number of nitrogens with one attached hydrogen (secondary N) is 1. The molecular weight excluding hydrogens is 274 g/mol. The molecule has 1 aliphatic heterocycles. The van der Waals surface area contributed by atoms with Gasteiger partial charge in [-0.2, -0.15) is 0 Å². The van der Waals surface area contributed by atoms with Crippen molar-refractivity contribution in [2.24, 2.45) is 5.92 Å². The van der Waals surface area contributed by atoms with Crippen molar-refractivity contribution in [3.63, 3.8) is 0 Å². The van der Waals surface area contributed by atoms with Gasteiger partial charge in [0.1, 0.15) is 0 Å². The Morgan fingerprint density at radius 2 is 2.25 bits per heavy atom. The fourth-order valence-electron chi connectivity index (χ4n) is 3.13. The fourth-order valence-corrected chi connectivity index (χ4v) is 4.21. The van der Waals surface area contributed by atoms with Crippen LogP contribution in [0, 0.1) is 16.0 Å². The van der Waals surface area contributed by atoms with Crippen LogP contribution in [0.5, 0.6) is 0 Å². The number of rotatable bonds is 5. The maximum Gasteiger partial charge on any atom is 0.324 e. The van der Waals surface area contributed by atoms with Crippen molar-refractivity contribution in [3.05, 3.63) is 27.1 Å². The highest BCUT2D eigenvalue weighted by molar-refractivity contribution is 7.15. The highest BCUT2D eigenvalue weighted by Gasteiger charge is 2.33. The highest BCUT2D eigenvalue weighted by Crippen LogP contribution is 2.40. The Balaban J connectivity index is 1.74. The van der Waals surface area contributed by atoms with Gasteiger partial charge in [0.05, 0.1) is 4.92 Å². The molecule has 1 aromatic rings. The van der Waals surface area contributed by atoms with Crippen molar-refractivity contribution < 1.29 is 4.92 Å². The first-order chi connectivity index (χ1) is 9.65. The third-order valence-corrected chi connectivity index (χ3v) is 5.44. The Morgan fingerprint density at radius 1 is 1.45 bits per heavy atom. The van der Waals surface area contributed by atoms with Gasteiger partial charge in [0.15, 0.2) is 0 Å². The summed E-state index contributed by atoms with van der Waals surface area (Å²) in [6.07, 6.45) is 5.04. The molecule has 1 aromatic heterocycles. The zero-order chi connectivity index (χ0) is 14.1. The number of hydrogen-bond acceptors (Lipinski definition) is 5. The number of nitrogens with zero attached hydrogens (tertiary/aromatic N) is 2. The van der Waals surface area contributed by atoms with Crippen LogP contribution in [-0.2, 0) is 0 Å². The molecule has 0 bridgehead atoms. The van der Waals surface area contributed by atoms with Crippen molar-refractivity contribution in [1.29, 1.82) is 0 Å². The number of thiophene rings is 1. The van der Waals surface area contributed by atoms with Gasteiger partial charge in [-0.1, -0.05) is 11.3 Å². The second-order valence-corrected chi connectivity index (χ2v) is 7.04. The molecule has 2 atom stereocenters. The number of hydrogen-bond donors (Lipinski definition) is 1. The zero-order valence-electron chi connectivity index (χ0n) is 11.7. The van der Waals surface area contributed by atoms with Crippen LogP contribution >= 0.6 is 11.3 Å². The number of likely N-dealkylation sites (tertiary alicyclic amines) is 1. The summed E-state index contributed by atoms with van der Waals surface area (Å²) >= 11 is 1.34. The van der Waals surface area contributed by atoms with Crippen LogP contribution < -0.4 is 5.32 Å². The van der Waals surface area contributed by atoms with Crippen molar-refractivity contribution in [1.82, 2.24) is 10.2 Å². The predicted octanol–water partition coefficient (Wildman–Crippen LogP) is 2.79. The lowest BCUT2D eigenvalue weighted by Gasteiger charge is -2.38. The van der Waals surface area contributed by atoms with Crippen LogP contribution in [0.4, 0.5) is 5.00 Å². The maximum atomic E-state index is 10.9. The molecule has 1 saturated carbocycles. The summed E-state index contributed by atoms with van der Waals surface area (Å²) in [4.78, 5) is 14.1. The molecular formula is C14H21N3O2S. The predicted molar refractivity (Wildman–Crippen MR) is 80.1 cm³/mol. The van der Waals surface area contributed by atoms with Crippen LogP contribution in [0.25, 0.3) is 0 Å². The molecule has 20 heavy (non-hydrogen) atoms. The monoisotopic (exact) mass is 295 g/mol. The zero-order valence-corrected chi connectivity index (χ0v) is 12.6. The van der Waals surface area contributed by atoms with E-state index in [0.717, 1.165) is 24.0 Å². The first-order valence-corrected chi connectivity index (χ1v) is 8.14. The second kappa shape index (κ2) is 5.79. The first kappa shape index (κ1) is 14.0. The van der Waals surface area contributed by atoms with Crippen LogP contribution in [-0.4, -0.2) is 36.0 Å². The highest BCUT2D eigenvalue weighted by atomic mass is 32.1. The van der Waals surface area contributed by atoms with Crippen LogP contribution in [0.15, 0.2) is 12.1 Å². The molecule has 3 rings (SSSR count). The van der Waals surface area contributed by atoms with Crippen molar-refractivity contribution in [3.8, 4) is 0 Å². The standard InChI is InChI=1S/C14H21N3O2S/c1-16-8-2-3-10(9-15-11-4-5-11)14(16)12-6-7-13(20-12)17(18)19/h6-7,10-11,14-15H,2-5,8-9H2,1H3. The summed E-state index contributed by atoms with van der Waals surface area (Å²) in [5.41, 5.74) is 0. The summed E-state index contributed by atoms with van der Waals surface area (Å²) in [5, 5.41) is 14.8. The lowest BCUT2D eigenvalue weighted by Crippen LogP contribution is -2.40. The summed E-state index contributed by atoms with van der Waals surface area (Å²) in [6, 6.07) is 4.64. The second-order valence-electron chi connectivity index (χ2n) is 5.94. The third-order valence-electron chi connectivity index (χ3n) is 4.34. The molecule has 5 nitrogen and oxygen atoms in total. The van der Waals surface area contributed by atoms with E-state index >= 15 is 0 Å². The molecule has 2 aliphatic rings. The normalized spacial score (nSPS) is 27.6. The van der Waals surface area contributed by atoms with Gasteiger partial charge in [-0.05, 0) is 51.3 Å². The topological polar surface area (TPSA) is 58.4 Å². The van der Waals surface area contributed by atoms with Gasteiger partial charge in [0.25, 0.3) is 0 Å². The summed E-state index contributed by atoms with van der Waals surface area (Å²) in [5.74, 6) is 0.563. The maximum absolute atomic E-state index is 10.9. The molecule has 1 aliphatic carbocycles. The van der Waals surface area contributed by atoms with Crippen LogP contribution in [0.3, 0.4) is 0 Å². The Labute approximate surface area is 123 Å². The largest absolute Gasteiger partial charge is 0.324 e. The van der Waals surface area contributed by atoms with Crippen molar-refractivity contribution >= 4 is 16.3 Å². The van der Waals surface area contributed by atoms with E-state index in [4.69, 9.17) is 0 Å². The van der Waals surface area contributed by atoms with E-state index in [9.17, 15) is 10.1 Å². The molecule has 2 heterocycles. The molecule has 110 valence electrons. The van der Waals surface area contributed by atoms with E-state index in [-0.39, 0.29) is 9.92 Å². The van der Waals surface area contributed by atoms with Gasteiger partial charge in [-0.3, -0.25) is 15.0 Å². The number of piperidine rings is 1. The van der Waals surface area contributed by atoms with E-state index in [2.05, 4.69) is 17.3 Å². The molecule has 2 fully saturated rings. The summed E-state index contributed by atoms with van der Waals surface area (Å²) in [6.45, 7) is 2.11. The average Bonchev–Trinajstić information content (AvgIpc) is 3.12. The smallest absolute Gasteiger partial charge is 0.314 e. The van der Waals surface area contributed by atoms with Gasteiger partial charge in [0, 0.05) is 29.6 Å². The molecule has 0 radical (unpaired) electrons. The Morgan fingerprint density at radius 3 is 2.90 bits per heavy atom. The van der Waals surface area contributed by atoms with Gasteiger partial charge in [-0.25, -0.2) is 0 Å². The SMILES string of the molecule is CN1CCCC(CNC2CC2)C1c1ccc([N+](=O)[O-])s1. The van der Waals surface area contributed by atoms with Crippen molar-refractivity contribution in [2.45, 2.75) is 37.8 Å². The Kier molecular flexibility index (Phi) is 4.05. The average molecular weight is 295 g/mol. The van der Waals surface area contributed by atoms with E-state index in [1.54, 1.807) is 6.07 Å². The number of nitro groups is 1. The van der Waals surface area contributed by atoms with Crippen LogP contribution in [0.2, 0.25) is 0 Å². The fraction of sp³-hybridized carbons (Fsp3) is 0.714. The lowest BCUT2D eigenvalue weighted by molar-refractivity contribution is -0.380. The minimum atomic E-state index is -0.283. The van der Waals surface area contributed by atoms with E-state index in [1.165, 1.54) is 37.0 Å². The molecule has 0 amide bonds. The third kappa shape index (κ3) is 3.02. The molecule has 2 unspecified atom stereocenters. The van der Waals surface area contributed by atoms with Gasteiger partial charge >= 0.3 is 5.00 Å². The molecule has 1 N–H and O–H groups in total. The summed E-state index contributed by atoms with van der Waals surface area (Å²) < 4.78 is 0. The van der Waals surface area contributed by atoms with E-state index < -0.39 is 0 Å². The van der Waals surface area contributed by atoms with Gasteiger partial charge < -0.3 is 5.32 Å². The molecule has 0 spiro atoms. The minimum Gasteiger partial charge on any atom is -0.314 e. The Bertz CT molecular complexity index is 487.